The van der Waals surface area contributed by atoms with Gasteiger partial charge in [-0.15, -0.1) is 11.8 Å². The number of halogens is 2. The number of ether oxygens (including phenoxy) is 1. The van der Waals surface area contributed by atoms with Crippen molar-refractivity contribution >= 4 is 29.3 Å². The first kappa shape index (κ1) is 20.0. The Labute approximate surface area is 180 Å². The van der Waals surface area contributed by atoms with Gasteiger partial charge in [-0.2, -0.15) is 0 Å². The Bertz CT molecular complexity index is 778. The van der Waals surface area contributed by atoms with E-state index in [2.05, 4.69) is 0 Å². The van der Waals surface area contributed by atoms with Crippen molar-refractivity contribution in [2.75, 3.05) is 6.61 Å². The number of rotatable bonds is 6. The molecule has 2 unspecified atom stereocenters. The van der Waals surface area contributed by atoms with Gasteiger partial charge in [-0.1, -0.05) is 18.0 Å². The summed E-state index contributed by atoms with van der Waals surface area (Å²) in [5.41, 5.74) is 0.251. The minimum Gasteiger partial charge on any atom is -0.491 e. The maximum Gasteiger partial charge on any atom is 0.307 e. The molecular weight excluding hydrogens is 411 g/mol. The highest BCUT2D eigenvalue weighted by molar-refractivity contribution is 8.00. The zero-order valence-corrected chi connectivity index (χ0v) is 18.1. The van der Waals surface area contributed by atoms with Gasteiger partial charge in [-0.25, -0.2) is 4.39 Å². The monoisotopic (exact) mass is 438 g/mol. The zero-order chi connectivity index (χ0) is 20.2. The summed E-state index contributed by atoms with van der Waals surface area (Å²) in [5.74, 6) is 1.41. The van der Waals surface area contributed by atoms with Crippen LogP contribution in [0.4, 0.5) is 4.39 Å². The van der Waals surface area contributed by atoms with Crippen LogP contribution in [-0.2, 0) is 4.79 Å². The van der Waals surface area contributed by atoms with Crippen molar-refractivity contribution in [3.8, 4) is 5.75 Å². The zero-order valence-electron chi connectivity index (χ0n) is 16.5. The molecule has 0 aromatic heterocycles. The number of carboxylic acid groups (broad SMARTS) is 1. The summed E-state index contributed by atoms with van der Waals surface area (Å²) in [6.07, 6.45) is 10.2. The van der Waals surface area contributed by atoms with Gasteiger partial charge in [0.2, 0.25) is 0 Å². The quantitative estimate of drug-likeness (QED) is 0.556. The Morgan fingerprint density at radius 2 is 1.83 bits per heavy atom. The summed E-state index contributed by atoms with van der Waals surface area (Å²) < 4.78 is 20.9. The van der Waals surface area contributed by atoms with Crippen molar-refractivity contribution in [3.05, 3.63) is 23.0 Å². The molecule has 0 aliphatic heterocycles. The third kappa shape index (κ3) is 3.89. The number of benzene rings is 1. The van der Waals surface area contributed by atoms with E-state index in [4.69, 9.17) is 16.3 Å². The molecule has 2 atom stereocenters. The smallest absolute Gasteiger partial charge is 0.307 e. The van der Waals surface area contributed by atoms with E-state index in [-0.39, 0.29) is 16.5 Å². The summed E-state index contributed by atoms with van der Waals surface area (Å²) in [6, 6.07) is 3.02. The van der Waals surface area contributed by atoms with Crippen LogP contribution in [-0.4, -0.2) is 22.9 Å². The van der Waals surface area contributed by atoms with Crippen molar-refractivity contribution in [3.63, 3.8) is 0 Å². The summed E-state index contributed by atoms with van der Waals surface area (Å²) >= 11 is 7.76. The molecule has 158 valence electrons. The maximum absolute atomic E-state index is 14.8. The lowest BCUT2D eigenvalue weighted by Crippen LogP contribution is -2.48. The number of aliphatic carboxylic acids is 1. The Kier molecular flexibility index (Phi) is 5.26. The molecule has 0 saturated heterocycles. The number of thioether (sulfide) groups is 1. The second kappa shape index (κ2) is 7.64. The molecule has 5 aliphatic carbocycles. The molecular formula is C23H28ClFO3S. The summed E-state index contributed by atoms with van der Waals surface area (Å²) in [6.45, 7) is 0.631. The molecule has 5 aliphatic rings. The first-order chi connectivity index (χ1) is 13.9. The number of hydrogen-bond donors (Lipinski definition) is 1. The molecule has 0 spiro atoms. The molecule has 4 bridgehead atoms. The van der Waals surface area contributed by atoms with E-state index in [9.17, 15) is 14.3 Å². The summed E-state index contributed by atoms with van der Waals surface area (Å²) in [4.78, 5) is 11.8. The SMILES string of the molecule is O=C(O)C1CCCC1Sc1cc(Cl)c(OCC23CC4CC(CC(C4)C2)C3)cc1F. The molecule has 1 aromatic rings. The molecule has 6 rings (SSSR count). The predicted octanol–water partition coefficient (Wildman–Crippen LogP) is 6.42. The van der Waals surface area contributed by atoms with Gasteiger partial charge < -0.3 is 9.84 Å². The highest BCUT2D eigenvalue weighted by Crippen LogP contribution is 2.60. The third-order valence-corrected chi connectivity index (χ3v) is 9.46. The van der Waals surface area contributed by atoms with Crippen molar-refractivity contribution in [2.24, 2.45) is 29.1 Å². The molecule has 5 saturated carbocycles. The third-order valence-electron chi connectivity index (χ3n) is 7.73. The van der Waals surface area contributed by atoms with E-state index in [0.29, 0.717) is 28.7 Å². The van der Waals surface area contributed by atoms with E-state index in [1.165, 1.54) is 56.4 Å². The molecule has 1 aromatic carbocycles. The van der Waals surface area contributed by atoms with Gasteiger partial charge in [0, 0.05) is 21.6 Å². The van der Waals surface area contributed by atoms with E-state index in [1.807, 2.05) is 0 Å². The minimum atomic E-state index is -0.790. The van der Waals surface area contributed by atoms with Crippen LogP contribution in [0.1, 0.15) is 57.8 Å². The average molecular weight is 439 g/mol. The normalized spacial score (nSPS) is 37.8. The Morgan fingerprint density at radius 1 is 1.17 bits per heavy atom. The van der Waals surface area contributed by atoms with Crippen LogP contribution in [0.5, 0.6) is 5.75 Å². The van der Waals surface area contributed by atoms with Crippen molar-refractivity contribution in [1.29, 1.82) is 0 Å². The van der Waals surface area contributed by atoms with Crippen LogP contribution in [0.15, 0.2) is 17.0 Å². The molecule has 6 heteroatoms. The number of hydrogen-bond acceptors (Lipinski definition) is 3. The molecule has 29 heavy (non-hydrogen) atoms. The van der Waals surface area contributed by atoms with Crippen LogP contribution in [0.3, 0.4) is 0 Å². The lowest BCUT2D eigenvalue weighted by molar-refractivity contribution is -0.141. The first-order valence-corrected chi connectivity index (χ1v) is 12.2. The Morgan fingerprint density at radius 3 is 2.45 bits per heavy atom. The lowest BCUT2D eigenvalue weighted by atomic mass is 9.50. The topological polar surface area (TPSA) is 46.5 Å². The Balaban J connectivity index is 1.27. The largest absolute Gasteiger partial charge is 0.491 e. The van der Waals surface area contributed by atoms with E-state index in [1.54, 1.807) is 6.07 Å². The minimum absolute atomic E-state index is 0.100. The van der Waals surface area contributed by atoms with Crippen LogP contribution in [0.25, 0.3) is 0 Å². The fraction of sp³-hybridized carbons (Fsp3) is 0.696. The van der Waals surface area contributed by atoms with Gasteiger partial charge in [0.1, 0.15) is 11.6 Å². The van der Waals surface area contributed by atoms with Gasteiger partial charge >= 0.3 is 5.97 Å². The van der Waals surface area contributed by atoms with Crippen LogP contribution < -0.4 is 4.74 Å². The maximum atomic E-state index is 14.8. The summed E-state index contributed by atoms with van der Waals surface area (Å²) in [5, 5.41) is 9.68. The van der Waals surface area contributed by atoms with Crippen molar-refractivity contribution < 1.29 is 19.0 Å². The lowest BCUT2D eigenvalue weighted by Gasteiger charge is -2.56. The number of carboxylic acids is 1. The predicted molar refractivity (Wildman–Crippen MR) is 112 cm³/mol. The first-order valence-electron chi connectivity index (χ1n) is 10.9. The standard InChI is InChI=1S/C23H28ClFO3S/c24-17-7-21(29-20-3-1-2-16(20)22(26)27)18(25)8-19(17)28-12-23-9-13-4-14(10-23)6-15(5-13)11-23/h7-8,13-16,20H,1-6,9-12H2,(H,26,27). The highest BCUT2D eigenvalue weighted by atomic mass is 35.5. The molecule has 0 amide bonds. The van der Waals surface area contributed by atoms with Crippen LogP contribution in [0, 0.1) is 34.9 Å². The van der Waals surface area contributed by atoms with Gasteiger partial charge in [0.15, 0.2) is 0 Å². The number of carbonyl (C=O) groups is 1. The van der Waals surface area contributed by atoms with Gasteiger partial charge in [0.25, 0.3) is 0 Å². The van der Waals surface area contributed by atoms with E-state index in [0.717, 1.165) is 30.6 Å². The highest BCUT2D eigenvalue weighted by Gasteiger charge is 2.51. The van der Waals surface area contributed by atoms with Gasteiger partial charge in [-0.05, 0) is 75.2 Å². The fourth-order valence-corrected chi connectivity index (χ4v) is 8.59. The van der Waals surface area contributed by atoms with Crippen LogP contribution >= 0.6 is 23.4 Å². The van der Waals surface area contributed by atoms with Gasteiger partial charge in [-0.3, -0.25) is 4.79 Å². The molecule has 3 nitrogen and oxygen atoms in total. The van der Waals surface area contributed by atoms with Gasteiger partial charge in [0.05, 0.1) is 17.5 Å². The van der Waals surface area contributed by atoms with E-state index >= 15 is 0 Å². The molecule has 0 heterocycles. The second-order valence-electron chi connectivity index (χ2n) is 9.95. The van der Waals surface area contributed by atoms with Crippen molar-refractivity contribution in [2.45, 2.75) is 67.9 Å². The fourth-order valence-electron chi connectivity index (χ4n) is 6.92. The van der Waals surface area contributed by atoms with E-state index < -0.39 is 11.9 Å². The van der Waals surface area contributed by atoms with Crippen LogP contribution in [0.2, 0.25) is 5.02 Å². The summed E-state index contributed by atoms with van der Waals surface area (Å²) in [7, 11) is 0. The molecule has 5 fully saturated rings. The average Bonchev–Trinajstić information content (AvgIpc) is 3.11. The molecule has 1 N–H and O–H groups in total. The second-order valence-corrected chi connectivity index (χ2v) is 11.6. The van der Waals surface area contributed by atoms with Crippen molar-refractivity contribution in [1.82, 2.24) is 0 Å². The Hall–Kier alpha value is -0.940. The molecule has 0 radical (unpaired) electrons.